The molecule has 6 aromatic rings. The number of halogens is 1. The molecule has 0 aliphatic heterocycles. The lowest BCUT2D eigenvalue weighted by atomic mass is 10.0. The molecule has 0 aliphatic rings. The van der Waals surface area contributed by atoms with Gasteiger partial charge in [-0.1, -0.05) is 72.3 Å². The highest BCUT2D eigenvalue weighted by Gasteiger charge is 2.12. The zero-order valence-corrected chi connectivity index (χ0v) is 31.3. The zero-order valence-electron chi connectivity index (χ0n) is 30.5. The molecule has 4 amide bonds. The van der Waals surface area contributed by atoms with Crippen LogP contribution in [-0.4, -0.2) is 56.7 Å². The van der Waals surface area contributed by atoms with E-state index in [4.69, 9.17) is 17.3 Å². The van der Waals surface area contributed by atoms with Crippen LogP contribution in [0.1, 0.15) is 49.7 Å². The van der Waals surface area contributed by atoms with Gasteiger partial charge in [-0.25, -0.2) is 24.5 Å². The Hall–Kier alpha value is -7.03. The number of anilines is 5. The zero-order chi connectivity index (χ0) is 39.9. The van der Waals surface area contributed by atoms with E-state index in [1.165, 1.54) is 0 Å². The van der Waals surface area contributed by atoms with Crippen LogP contribution in [0.15, 0.2) is 121 Å². The second kappa shape index (κ2) is 19.9. The van der Waals surface area contributed by atoms with E-state index in [2.05, 4.69) is 46.5 Å². The Labute approximate surface area is 328 Å². The van der Waals surface area contributed by atoms with Crippen LogP contribution < -0.4 is 32.3 Å². The summed E-state index contributed by atoms with van der Waals surface area (Å²) in [7, 11) is 0. The third kappa shape index (κ3) is 12.3. The van der Waals surface area contributed by atoms with E-state index in [1.807, 2.05) is 43.3 Å². The molecule has 2 heterocycles. The van der Waals surface area contributed by atoms with Crippen molar-refractivity contribution in [3.8, 4) is 0 Å². The monoisotopic (exact) mass is 770 g/mol. The van der Waals surface area contributed by atoms with Gasteiger partial charge >= 0.3 is 12.1 Å². The van der Waals surface area contributed by atoms with Crippen molar-refractivity contribution in [1.82, 2.24) is 19.9 Å². The number of nitrogens with zero attached hydrogens (tertiary/aromatic N) is 4. The lowest BCUT2D eigenvalue weighted by molar-refractivity contribution is 0.103. The number of carbonyl (C=O) groups excluding carboxylic acids is 4. The van der Waals surface area contributed by atoms with E-state index < -0.39 is 12.1 Å². The van der Waals surface area contributed by atoms with Crippen molar-refractivity contribution in [2.75, 3.05) is 39.7 Å². The van der Waals surface area contributed by atoms with E-state index in [9.17, 15) is 19.2 Å². The first-order valence-corrected chi connectivity index (χ1v) is 17.8. The number of urea groups is 2. The fraction of sp³-hybridized carbons (Fsp3) is 0.122. The van der Waals surface area contributed by atoms with Crippen molar-refractivity contribution in [2.24, 2.45) is 5.73 Å². The predicted molar refractivity (Wildman–Crippen MR) is 219 cm³/mol. The number of hydrogen-bond acceptors (Lipinski definition) is 10. The molecule has 4 aromatic carbocycles. The van der Waals surface area contributed by atoms with E-state index in [1.54, 1.807) is 91.9 Å². The van der Waals surface area contributed by atoms with Gasteiger partial charge in [0.2, 0.25) is 11.9 Å². The molecule has 7 N–H and O–H groups in total. The van der Waals surface area contributed by atoms with Gasteiger partial charge in [0.1, 0.15) is 11.0 Å². The Morgan fingerprint density at radius 2 is 0.982 bits per heavy atom. The highest BCUT2D eigenvalue weighted by Crippen LogP contribution is 2.17. The SMILES string of the molecule is Cc1cc(Cl)nc(NC(=O)Nc2ccc(C(=O)c3ccccc3)cc2)n1.Cc1cc(NCCCN)nc(NC(=O)Nc2ccc(C(=O)c3ccccc3)cc2)n1. The fourth-order valence-corrected chi connectivity index (χ4v) is 5.31. The standard InChI is InChI=1S/C22H24N6O2.C19H15ClN4O2/c1-15-14-19(24-13-5-12-23)27-21(25-15)28-22(30)26-18-10-8-17(9-11-18)20(29)16-6-3-2-4-7-16;1-12-11-16(20)23-18(21-12)24-19(26)22-15-9-7-14(8-10-15)17(25)13-5-3-2-4-6-13/h2-4,6-11,14H,5,12-13,23H2,1H3,(H3,24,25,26,27,28,30);2-11H,1H3,(H2,21,22,23,24,26). The molecule has 56 heavy (non-hydrogen) atoms. The van der Waals surface area contributed by atoms with Crippen LogP contribution in [0.4, 0.5) is 38.7 Å². The molecule has 0 fully saturated rings. The summed E-state index contributed by atoms with van der Waals surface area (Å²) in [6.07, 6.45) is 0.815. The fourth-order valence-electron chi connectivity index (χ4n) is 5.07. The molecule has 0 atom stereocenters. The molecule has 14 nitrogen and oxygen atoms in total. The van der Waals surface area contributed by atoms with Gasteiger partial charge in [-0.3, -0.25) is 20.2 Å². The minimum absolute atomic E-state index is 0.0746. The number of ketones is 2. The summed E-state index contributed by atoms with van der Waals surface area (Å²) in [6.45, 7) is 4.84. The number of nitrogens with one attached hydrogen (secondary N) is 5. The molecule has 0 aliphatic carbocycles. The van der Waals surface area contributed by atoms with Gasteiger partial charge in [-0.05, 0) is 81.4 Å². The van der Waals surface area contributed by atoms with Gasteiger partial charge in [0.15, 0.2) is 11.6 Å². The molecule has 0 saturated heterocycles. The van der Waals surface area contributed by atoms with Gasteiger partial charge in [0, 0.05) is 57.6 Å². The Bertz CT molecular complexity index is 2260. The summed E-state index contributed by atoms with van der Waals surface area (Å²) in [5, 5.41) is 13.9. The minimum Gasteiger partial charge on any atom is -0.370 e. The van der Waals surface area contributed by atoms with Crippen LogP contribution in [0.5, 0.6) is 0 Å². The van der Waals surface area contributed by atoms with Crippen molar-refractivity contribution >= 4 is 64.3 Å². The maximum atomic E-state index is 12.4. The molecular weight excluding hydrogens is 732 g/mol. The summed E-state index contributed by atoms with van der Waals surface area (Å²) in [4.78, 5) is 65.6. The maximum absolute atomic E-state index is 12.4. The largest absolute Gasteiger partial charge is 0.370 e. The highest BCUT2D eigenvalue weighted by atomic mass is 35.5. The van der Waals surface area contributed by atoms with Gasteiger partial charge in [-0.2, -0.15) is 4.98 Å². The summed E-state index contributed by atoms with van der Waals surface area (Å²) in [5.41, 5.74) is 10.2. The van der Waals surface area contributed by atoms with Gasteiger partial charge in [-0.15, -0.1) is 0 Å². The minimum atomic E-state index is -0.506. The third-order valence-electron chi connectivity index (χ3n) is 7.70. The number of aryl methyl sites for hydroxylation is 2. The lowest BCUT2D eigenvalue weighted by Gasteiger charge is -2.10. The van der Waals surface area contributed by atoms with Crippen molar-refractivity contribution in [2.45, 2.75) is 20.3 Å². The second-order valence-electron chi connectivity index (χ2n) is 12.1. The molecule has 6 rings (SSSR count). The van der Waals surface area contributed by atoms with E-state index >= 15 is 0 Å². The maximum Gasteiger partial charge on any atom is 0.326 e. The van der Waals surface area contributed by atoms with E-state index in [0.717, 1.165) is 12.1 Å². The quantitative estimate of drug-likeness (QED) is 0.0406. The van der Waals surface area contributed by atoms with Crippen molar-refractivity contribution < 1.29 is 19.2 Å². The summed E-state index contributed by atoms with van der Waals surface area (Å²) in [6, 6.07) is 33.7. The number of nitrogens with two attached hydrogens (primary N) is 1. The molecule has 0 bridgehead atoms. The number of rotatable bonds is 12. The van der Waals surface area contributed by atoms with E-state index in [-0.39, 0.29) is 28.6 Å². The van der Waals surface area contributed by atoms with Gasteiger partial charge in [0.05, 0.1) is 0 Å². The highest BCUT2D eigenvalue weighted by molar-refractivity contribution is 6.29. The van der Waals surface area contributed by atoms with Crippen molar-refractivity contribution in [3.63, 3.8) is 0 Å². The van der Waals surface area contributed by atoms with Crippen LogP contribution in [0.3, 0.4) is 0 Å². The lowest BCUT2D eigenvalue weighted by Crippen LogP contribution is -2.21. The summed E-state index contributed by atoms with van der Waals surface area (Å²) >= 11 is 5.84. The van der Waals surface area contributed by atoms with Crippen LogP contribution in [0, 0.1) is 13.8 Å². The molecule has 284 valence electrons. The molecule has 15 heteroatoms. The van der Waals surface area contributed by atoms with Crippen LogP contribution in [0.25, 0.3) is 0 Å². The molecule has 2 aromatic heterocycles. The van der Waals surface area contributed by atoms with Gasteiger partial charge < -0.3 is 21.7 Å². The first-order chi connectivity index (χ1) is 27.1. The average molecular weight is 771 g/mol. The Kier molecular flexibility index (Phi) is 14.3. The van der Waals surface area contributed by atoms with Gasteiger partial charge in [0.25, 0.3) is 0 Å². The Balaban J connectivity index is 0.000000216. The van der Waals surface area contributed by atoms with Crippen LogP contribution in [0.2, 0.25) is 5.15 Å². The van der Waals surface area contributed by atoms with Crippen molar-refractivity contribution in [3.05, 3.63) is 160 Å². The van der Waals surface area contributed by atoms with E-state index in [0.29, 0.717) is 58.2 Å². The van der Waals surface area contributed by atoms with Crippen LogP contribution in [-0.2, 0) is 0 Å². The molecular formula is C41H39ClN10O4. The average Bonchev–Trinajstić information content (AvgIpc) is 3.18. The number of carbonyl (C=O) groups is 4. The normalized spacial score (nSPS) is 10.3. The smallest absolute Gasteiger partial charge is 0.326 e. The number of amides is 4. The second-order valence-corrected chi connectivity index (χ2v) is 12.5. The third-order valence-corrected chi connectivity index (χ3v) is 7.89. The predicted octanol–water partition coefficient (Wildman–Crippen LogP) is 7.73. The topological polar surface area (TPSA) is 206 Å². The Morgan fingerprint density at radius 3 is 1.43 bits per heavy atom. The first kappa shape index (κ1) is 40.2. The summed E-state index contributed by atoms with van der Waals surface area (Å²) in [5.74, 6) is 0.774. The van der Waals surface area contributed by atoms with Crippen LogP contribution >= 0.6 is 11.6 Å². The number of aromatic nitrogens is 4. The first-order valence-electron chi connectivity index (χ1n) is 17.4. The molecule has 0 spiro atoms. The Morgan fingerprint density at radius 1 is 0.554 bits per heavy atom. The number of hydrogen-bond donors (Lipinski definition) is 6. The molecule has 0 saturated carbocycles. The molecule has 0 radical (unpaired) electrons. The molecule has 0 unspecified atom stereocenters. The summed E-state index contributed by atoms with van der Waals surface area (Å²) < 4.78 is 0. The number of benzene rings is 4. The van der Waals surface area contributed by atoms with Crippen molar-refractivity contribution in [1.29, 1.82) is 0 Å².